The number of aromatic nitrogens is 3. The number of anilines is 2. The molecule has 4 N–H and O–H groups in total. The van der Waals surface area contributed by atoms with Gasteiger partial charge in [0.2, 0.25) is 0 Å². The van der Waals surface area contributed by atoms with Gasteiger partial charge in [0, 0.05) is 24.0 Å². The lowest BCUT2D eigenvalue weighted by molar-refractivity contribution is 1.09. The topological polar surface area (TPSA) is 79.6 Å². The predicted molar refractivity (Wildman–Crippen MR) is 69.9 cm³/mol. The molecule has 0 amide bonds. The van der Waals surface area contributed by atoms with Gasteiger partial charge in [-0.1, -0.05) is 11.3 Å². The van der Waals surface area contributed by atoms with Crippen LogP contribution in [0, 0.1) is 0 Å². The highest BCUT2D eigenvalue weighted by Gasteiger charge is 2.03. The molecule has 1 aromatic carbocycles. The SMILES string of the molecule is Nc1ccc2nc(NCc3cn[nH]c3)sc2c1. The Balaban J connectivity index is 1.81. The fourth-order valence-electron chi connectivity index (χ4n) is 1.57. The summed E-state index contributed by atoms with van der Waals surface area (Å²) < 4.78 is 1.10. The molecule has 0 bridgehead atoms. The van der Waals surface area contributed by atoms with Crippen molar-refractivity contribution in [1.29, 1.82) is 0 Å². The number of aromatic amines is 1. The van der Waals surface area contributed by atoms with Crippen LogP contribution in [0.2, 0.25) is 0 Å². The number of fused-ring (bicyclic) bond motifs is 1. The minimum Gasteiger partial charge on any atom is -0.399 e. The molecule has 6 heteroatoms. The zero-order valence-electron chi connectivity index (χ0n) is 8.97. The van der Waals surface area contributed by atoms with Crippen molar-refractivity contribution in [3.05, 3.63) is 36.2 Å². The summed E-state index contributed by atoms with van der Waals surface area (Å²) in [5, 5.41) is 10.8. The monoisotopic (exact) mass is 245 g/mol. The summed E-state index contributed by atoms with van der Waals surface area (Å²) in [6, 6.07) is 5.74. The van der Waals surface area contributed by atoms with Crippen LogP contribution in [0.25, 0.3) is 10.2 Å². The number of H-pyrrole nitrogens is 1. The Morgan fingerprint density at radius 2 is 2.35 bits per heavy atom. The largest absolute Gasteiger partial charge is 0.399 e. The molecule has 0 aliphatic rings. The van der Waals surface area contributed by atoms with Crippen LogP contribution in [-0.4, -0.2) is 15.2 Å². The zero-order valence-corrected chi connectivity index (χ0v) is 9.79. The second-order valence-corrected chi connectivity index (χ2v) is 4.74. The average molecular weight is 245 g/mol. The molecular weight excluding hydrogens is 234 g/mol. The number of rotatable bonds is 3. The molecule has 86 valence electrons. The lowest BCUT2D eigenvalue weighted by atomic mass is 10.3. The molecule has 0 aliphatic carbocycles. The van der Waals surface area contributed by atoms with E-state index >= 15 is 0 Å². The van der Waals surface area contributed by atoms with Crippen molar-refractivity contribution in [2.24, 2.45) is 0 Å². The van der Waals surface area contributed by atoms with Crippen LogP contribution in [0.3, 0.4) is 0 Å². The molecule has 2 heterocycles. The maximum Gasteiger partial charge on any atom is 0.184 e. The van der Waals surface area contributed by atoms with Gasteiger partial charge in [0.15, 0.2) is 5.13 Å². The van der Waals surface area contributed by atoms with E-state index in [0.717, 1.165) is 26.6 Å². The molecule has 0 aliphatic heterocycles. The van der Waals surface area contributed by atoms with E-state index in [9.17, 15) is 0 Å². The van der Waals surface area contributed by atoms with Crippen molar-refractivity contribution in [2.45, 2.75) is 6.54 Å². The second kappa shape index (κ2) is 4.06. The normalized spacial score (nSPS) is 10.8. The lowest BCUT2D eigenvalue weighted by Crippen LogP contribution is -1.96. The zero-order chi connectivity index (χ0) is 11.7. The van der Waals surface area contributed by atoms with Crippen molar-refractivity contribution in [3.63, 3.8) is 0 Å². The van der Waals surface area contributed by atoms with Crippen molar-refractivity contribution < 1.29 is 0 Å². The maximum absolute atomic E-state index is 5.73. The van der Waals surface area contributed by atoms with Gasteiger partial charge in [-0.05, 0) is 18.2 Å². The first kappa shape index (κ1) is 10.1. The Labute approximate surface area is 102 Å². The van der Waals surface area contributed by atoms with Gasteiger partial charge in [-0.2, -0.15) is 5.10 Å². The fourth-order valence-corrected chi connectivity index (χ4v) is 2.48. The van der Waals surface area contributed by atoms with E-state index < -0.39 is 0 Å². The molecule has 3 aromatic rings. The van der Waals surface area contributed by atoms with E-state index in [1.807, 2.05) is 24.4 Å². The van der Waals surface area contributed by atoms with E-state index in [-0.39, 0.29) is 0 Å². The molecule has 0 saturated carbocycles. The molecule has 0 fully saturated rings. The van der Waals surface area contributed by atoms with Gasteiger partial charge in [0.1, 0.15) is 0 Å². The van der Waals surface area contributed by atoms with Crippen molar-refractivity contribution in [3.8, 4) is 0 Å². The molecule has 17 heavy (non-hydrogen) atoms. The fraction of sp³-hybridized carbons (Fsp3) is 0.0909. The lowest BCUT2D eigenvalue weighted by Gasteiger charge is -1.97. The van der Waals surface area contributed by atoms with E-state index in [4.69, 9.17) is 5.73 Å². The van der Waals surface area contributed by atoms with E-state index in [2.05, 4.69) is 20.5 Å². The average Bonchev–Trinajstić information content (AvgIpc) is 2.94. The minimum absolute atomic E-state index is 0.714. The smallest absolute Gasteiger partial charge is 0.184 e. The van der Waals surface area contributed by atoms with Crippen molar-refractivity contribution >= 4 is 32.4 Å². The highest BCUT2D eigenvalue weighted by molar-refractivity contribution is 7.22. The first-order chi connectivity index (χ1) is 8.31. The minimum atomic E-state index is 0.714. The Morgan fingerprint density at radius 3 is 3.18 bits per heavy atom. The predicted octanol–water partition coefficient (Wildman–Crippen LogP) is 2.21. The van der Waals surface area contributed by atoms with Gasteiger partial charge >= 0.3 is 0 Å². The van der Waals surface area contributed by atoms with E-state index in [0.29, 0.717) is 6.54 Å². The summed E-state index contributed by atoms with van der Waals surface area (Å²) >= 11 is 1.60. The number of nitrogens with two attached hydrogens (primary N) is 1. The Morgan fingerprint density at radius 1 is 1.41 bits per heavy atom. The van der Waals surface area contributed by atoms with Gasteiger partial charge in [-0.15, -0.1) is 0 Å². The summed E-state index contributed by atoms with van der Waals surface area (Å²) in [7, 11) is 0. The summed E-state index contributed by atoms with van der Waals surface area (Å²) in [4.78, 5) is 4.47. The molecule has 5 nitrogen and oxygen atoms in total. The van der Waals surface area contributed by atoms with Crippen LogP contribution >= 0.6 is 11.3 Å². The number of hydrogen-bond acceptors (Lipinski definition) is 5. The van der Waals surface area contributed by atoms with Crippen LogP contribution in [0.1, 0.15) is 5.56 Å². The van der Waals surface area contributed by atoms with Crippen LogP contribution in [-0.2, 0) is 6.54 Å². The first-order valence-corrected chi connectivity index (χ1v) is 6.00. The van der Waals surface area contributed by atoms with Gasteiger partial charge in [0.25, 0.3) is 0 Å². The first-order valence-electron chi connectivity index (χ1n) is 5.19. The number of nitrogens with one attached hydrogen (secondary N) is 2. The van der Waals surface area contributed by atoms with Gasteiger partial charge in [-0.25, -0.2) is 4.98 Å². The van der Waals surface area contributed by atoms with Gasteiger partial charge in [-0.3, -0.25) is 5.10 Å². The van der Waals surface area contributed by atoms with Crippen molar-refractivity contribution in [2.75, 3.05) is 11.1 Å². The summed E-state index contributed by atoms with van der Waals surface area (Å²) in [5.74, 6) is 0. The highest BCUT2D eigenvalue weighted by atomic mass is 32.1. The summed E-state index contributed by atoms with van der Waals surface area (Å²) in [5.41, 5.74) is 8.57. The maximum atomic E-state index is 5.73. The third-order valence-corrected chi connectivity index (χ3v) is 3.39. The van der Waals surface area contributed by atoms with Crippen LogP contribution in [0.4, 0.5) is 10.8 Å². The highest BCUT2D eigenvalue weighted by Crippen LogP contribution is 2.27. The van der Waals surface area contributed by atoms with Crippen molar-refractivity contribution in [1.82, 2.24) is 15.2 Å². The molecule has 3 rings (SSSR count). The number of nitrogens with zero attached hydrogens (tertiary/aromatic N) is 2. The molecule has 0 spiro atoms. The molecule has 0 saturated heterocycles. The van der Waals surface area contributed by atoms with Crippen LogP contribution in [0.5, 0.6) is 0 Å². The van der Waals surface area contributed by atoms with Crippen LogP contribution < -0.4 is 11.1 Å². The molecular formula is C11H11N5S. The molecule has 0 atom stereocenters. The Kier molecular flexibility index (Phi) is 2.41. The third-order valence-electron chi connectivity index (χ3n) is 2.41. The van der Waals surface area contributed by atoms with Gasteiger partial charge in [0.05, 0.1) is 16.4 Å². The Hall–Kier alpha value is -2.08. The van der Waals surface area contributed by atoms with E-state index in [1.165, 1.54) is 0 Å². The number of hydrogen-bond donors (Lipinski definition) is 3. The molecule has 2 aromatic heterocycles. The third kappa shape index (κ3) is 2.07. The standard InChI is InChI=1S/C11H11N5S/c12-8-1-2-9-10(3-8)17-11(16-9)13-4-7-5-14-15-6-7/h1-3,5-6H,4,12H2,(H,13,16)(H,14,15). The summed E-state index contributed by atoms with van der Waals surface area (Å²) in [6.07, 6.45) is 3.65. The van der Waals surface area contributed by atoms with Gasteiger partial charge < -0.3 is 11.1 Å². The molecule has 0 radical (unpaired) electrons. The van der Waals surface area contributed by atoms with Crippen LogP contribution in [0.15, 0.2) is 30.6 Å². The Bertz CT molecular complexity index is 628. The second-order valence-electron chi connectivity index (χ2n) is 3.71. The number of thiazole rings is 1. The number of nitrogen functional groups attached to an aromatic ring is 1. The number of benzene rings is 1. The quantitative estimate of drug-likeness (QED) is 0.618. The molecule has 0 unspecified atom stereocenters. The van der Waals surface area contributed by atoms with E-state index in [1.54, 1.807) is 17.5 Å². The summed E-state index contributed by atoms with van der Waals surface area (Å²) in [6.45, 7) is 0.714.